The highest BCUT2D eigenvalue weighted by molar-refractivity contribution is 14.2. The Kier molecular flexibility index (Phi) is 3.54. The van der Waals surface area contributed by atoms with E-state index in [4.69, 9.17) is 0 Å². The van der Waals surface area contributed by atoms with Crippen molar-refractivity contribution in [3.8, 4) is 11.3 Å². The fourth-order valence-electron chi connectivity index (χ4n) is 2.28. The van der Waals surface area contributed by atoms with Crippen LogP contribution < -0.4 is 0 Å². The van der Waals surface area contributed by atoms with E-state index < -0.39 is 0 Å². The molecule has 0 saturated heterocycles. The monoisotopic (exact) mass is 380 g/mol. The predicted octanol–water partition coefficient (Wildman–Crippen LogP) is 5.17. The Balaban J connectivity index is 2.32. The maximum atomic E-state index is 4.52. The van der Waals surface area contributed by atoms with Gasteiger partial charge in [0, 0.05) is 41.9 Å². The molecule has 2 heterocycles. The average molecular weight is 380 g/mol. The number of hydrogen-bond acceptors (Lipinski definition) is 2. The molecular formula is C15H13IN2S. The Hall–Kier alpha value is -1.01. The van der Waals surface area contributed by atoms with Gasteiger partial charge in [-0.2, -0.15) is 0 Å². The summed E-state index contributed by atoms with van der Waals surface area (Å²) in [6.07, 6.45) is 1.88. The second kappa shape index (κ2) is 5.17. The van der Waals surface area contributed by atoms with Crippen molar-refractivity contribution < 1.29 is 0 Å². The first-order valence-corrected chi connectivity index (χ1v) is 9.35. The van der Waals surface area contributed by atoms with Crippen molar-refractivity contribution in [3.63, 3.8) is 0 Å². The predicted molar refractivity (Wildman–Crippen MR) is 91.7 cm³/mol. The van der Waals surface area contributed by atoms with E-state index in [9.17, 15) is 0 Å². The van der Waals surface area contributed by atoms with Gasteiger partial charge in [-0.25, -0.2) is 4.98 Å². The fourth-order valence-corrected chi connectivity index (χ4v) is 3.92. The van der Waals surface area contributed by atoms with Gasteiger partial charge in [0.2, 0.25) is 0 Å². The smallest absolute Gasteiger partial charge is 0.151 e. The second-order valence-electron chi connectivity index (χ2n) is 4.63. The van der Waals surface area contributed by atoms with Crippen LogP contribution >= 0.6 is 30.3 Å². The molecule has 0 N–H and O–H groups in total. The highest BCUT2D eigenvalue weighted by Gasteiger charge is 2.13. The third-order valence-corrected chi connectivity index (χ3v) is 4.95. The summed E-state index contributed by atoms with van der Waals surface area (Å²) in [5, 5.41) is 1.23. The Morgan fingerprint density at radius 3 is 2.74 bits per heavy atom. The molecule has 0 radical (unpaired) electrons. The van der Waals surface area contributed by atoms with E-state index in [1.54, 1.807) is 9.12 Å². The SMILES string of the molecule is Cc1cccc(-c2cc3c(C)ccnc3n2SI)c1. The summed E-state index contributed by atoms with van der Waals surface area (Å²) in [5.74, 6) is 0. The van der Waals surface area contributed by atoms with Gasteiger partial charge in [-0.15, -0.1) is 0 Å². The molecule has 96 valence electrons. The molecule has 0 aliphatic heterocycles. The van der Waals surface area contributed by atoms with Gasteiger partial charge in [-0.1, -0.05) is 23.8 Å². The molecule has 0 aliphatic rings. The average Bonchev–Trinajstić information content (AvgIpc) is 2.79. The van der Waals surface area contributed by atoms with Crippen LogP contribution in [0.25, 0.3) is 22.3 Å². The van der Waals surface area contributed by atoms with Gasteiger partial charge in [0.1, 0.15) is 0 Å². The lowest BCUT2D eigenvalue weighted by Gasteiger charge is -2.05. The molecule has 0 unspecified atom stereocenters. The highest BCUT2D eigenvalue weighted by Crippen LogP contribution is 2.34. The Bertz CT molecular complexity index is 749. The zero-order valence-corrected chi connectivity index (χ0v) is 13.7. The van der Waals surface area contributed by atoms with Crippen LogP contribution in [0.3, 0.4) is 0 Å². The Morgan fingerprint density at radius 1 is 1.16 bits per heavy atom. The second-order valence-corrected chi connectivity index (χ2v) is 6.31. The number of halogens is 1. The van der Waals surface area contributed by atoms with Crippen LogP contribution in [0.2, 0.25) is 0 Å². The molecule has 0 fully saturated rings. The largest absolute Gasteiger partial charge is 0.258 e. The van der Waals surface area contributed by atoms with Gasteiger partial charge in [0.05, 0.1) is 5.69 Å². The number of nitrogens with zero attached hydrogens (tertiary/aromatic N) is 2. The van der Waals surface area contributed by atoms with Gasteiger partial charge >= 0.3 is 0 Å². The molecule has 0 bridgehead atoms. The number of benzene rings is 1. The molecule has 2 nitrogen and oxygen atoms in total. The molecule has 19 heavy (non-hydrogen) atoms. The maximum Gasteiger partial charge on any atom is 0.151 e. The molecule has 1 aromatic carbocycles. The molecule has 0 amide bonds. The summed E-state index contributed by atoms with van der Waals surface area (Å²) >= 11 is 2.31. The van der Waals surface area contributed by atoms with E-state index >= 15 is 0 Å². The number of hydrogen-bond donors (Lipinski definition) is 0. The third-order valence-electron chi connectivity index (χ3n) is 3.26. The van der Waals surface area contributed by atoms with Crippen molar-refractivity contribution in [2.24, 2.45) is 0 Å². The standard InChI is InChI=1S/C15H13IN2S/c1-10-4-3-5-12(8-10)14-9-13-11(2)6-7-17-15(13)18(14)19-16/h3-9H,1-2H3. The number of fused-ring (bicyclic) bond motifs is 1. The van der Waals surface area contributed by atoms with Crippen molar-refractivity contribution in [3.05, 3.63) is 53.7 Å². The number of aryl methyl sites for hydroxylation is 2. The van der Waals surface area contributed by atoms with Crippen molar-refractivity contribution >= 4 is 41.4 Å². The van der Waals surface area contributed by atoms with Crippen molar-refractivity contribution in [2.75, 3.05) is 0 Å². The van der Waals surface area contributed by atoms with Gasteiger partial charge in [-0.3, -0.25) is 3.97 Å². The Morgan fingerprint density at radius 2 is 2.00 bits per heavy atom. The van der Waals surface area contributed by atoms with Crippen LogP contribution in [0, 0.1) is 13.8 Å². The first kappa shape index (κ1) is 13.0. The number of pyridine rings is 1. The fraction of sp³-hybridized carbons (Fsp3) is 0.133. The first-order chi connectivity index (χ1) is 9.20. The molecule has 3 rings (SSSR count). The zero-order valence-electron chi connectivity index (χ0n) is 10.7. The van der Waals surface area contributed by atoms with E-state index in [0.717, 1.165) is 5.65 Å². The lowest BCUT2D eigenvalue weighted by molar-refractivity contribution is 1.26. The lowest BCUT2D eigenvalue weighted by atomic mass is 10.1. The molecule has 0 atom stereocenters. The summed E-state index contributed by atoms with van der Waals surface area (Å²) in [7, 11) is 1.67. The van der Waals surface area contributed by atoms with E-state index in [-0.39, 0.29) is 0 Å². The van der Waals surface area contributed by atoms with E-state index in [2.05, 4.69) is 80.4 Å². The molecule has 0 spiro atoms. The van der Waals surface area contributed by atoms with Crippen molar-refractivity contribution in [2.45, 2.75) is 13.8 Å². The first-order valence-electron chi connectivity index (χ1n) is 6.04. The summed E-state index contributed by atoms with van der Waals surface area (Å²) in [6, 6.07) is 12.9. The topological polar surface area (TPSA) is 17.8 Å². The quantitative estimate of drug-likeness (QED) is 0.571. The maximum absolute atomic E-state index is 4.52. The van der Waals surface area contributed by atoms with E-state index in [1.807, 2.05) is 6.20 Å². The third kappa shape index (κ3) is 2.27. The minimum Gasteiger partial charge on any atom is -0.258 e. The van der Waals surface area contributed by atoms with Crippen LogP contribution in [-0.2, 0) is 0 Å². The zero-order chi connectivity index (χ0) is 13.4. The summed E-state index contributed by atoms with van der Waals surface area (Å²) < 4.78 is 2.19. The molecule has 2 aromatic heterocycles. The molecular weight excluding hydrogens is 367 g/mol. The molecule has 3 aromatic rings. The van der Waals surface area contributed by atoms with Crippen LogP contribution in [0.5, 0.6) is 0 Å². The number of aromatic nitrogens is 2. The van der Waals surface area contributed by atoms with Gasteiger partial charge in [0.25, 0.3) is 0 Å². The van der Waals surface area contributed by atoms with Crippen LogP contribution in [0.15, 0.2) is 42.6 Å². The van der Waals surface area contributed by atoms with Gasteiger partial charge in [-0.05, 0) is 43.2 Å². The summed E-state index contributed by atoms with van der Waals surface area (Å²) in [5.41, 5.74) is 6.03. The minimum absolute atomic E-state index is 1.04. The van der Waals surface area contributed by atoms with Gasteiger partial charge < -0.3 is 0 Å². The Labute approximate surface area is 129 Å². The molecule has 0 aliphatic carbocycles. The van der Waals surface area contributed by atoms with Crippen LogP contribution in [0.4, 0.5) is 0 Å². The number of rotatable bonds is 2. The van der Waals surface area contributed by atoms with E-state index in [1.165, 1.54) is 27.8 Å². The molecule has 4 heteroatoms. The molecule has 0 saturated carbocycles. The van der Waals surface area contributed by atoms with Crippen LogP contribution in [0.1, 0.15) is 11.1 Å². The lowest BCUT2D eigenvalue weighted by Crippen LogP contribution is -1.89. The van der Waals surface area contributed by atoms with Crippen molar-refractivity contribution in [1.82, 2.24) is 8.96 Å². The van der Waals surface area contributed by atoms with Crippen molar-refractivity contribution in [1.29, 1.82) is 0 Å². The highest BCUT2D eigenvalue weighted by atomic mass is 127. The van der Waals surface area contributed by atoms with Crippen LogP contribution in [-0.4, -0.2) is 8.96 Å². The summed E-state index contributed by atoms with van der Waals surface area (Å²) in [4.78, 5) is 4.52. The van der Waals surface area contributed by atoms with E-state index in [0.29, 0.717) is 0 Å². The summed E-state index contributed by atoms with van der Waals surface area (Å²) in [6.45, 7) is 4.25. The van der Waals surface area contributed by atoms with Gasteiger partial charge in [0.15, 0.2) is 5.65 Å². The normalized spacial score (nSPS) is 11.1. The minimum atomic E-state index is 1.04.